The molecule has 2 N–H and O–H groups in total. The summed E-state index contributed by atoms with van der Waals surface area (Å²) in [6, 6.07) is 6.24. The topological polar surface area (TPSA) is 41.1 Å². The molecule has 0 radical (unpaired) electrons. The Balaban J connectivity index is 1.50. The highest BCUT2D eigenvalue weighted by molar-refractivity contribution is 5.94. The molecule has 0 spiro atoms. The van der Waals surface area contributed by atoms with Crippen LogP contribution in [-0.4, -0.2) is 25.5 Å². The summed E-state index contributed by atoms with van der Waals surface area (Å²) < 4.78 is 0. The van der Waals surface area contributed by atoms with Gasteiger partial charge in [0.25, 0.3) is 5.91 Å². The Bertz CT molecular complexity index is 492. The molecule has 114 valence electrons. The molecule has 0 bridgehead atoms. The van der Waals surface area contributed by atoms with Crippen molar-refractivity contribution in [1.82, 2.24) is 10.6 Å². The minimum absolute atomic E-state index is 0.0899. The van der Waals surface area contributed by atoms with Crippen molar-refractivity contribution in [1.29, 1.82) is 0 Å². The molecule has 1 aromatic carbocycles. The molecule has 0 aromatic heterocycles. The number of amides is 1. The molecule has 3 heteroatoms. The summed E-state index contributed by atoms with van der Waals surface area (Å²) in [6.45, 7) is 3.05. The SMILES string of the molecule is O=C(NCCC1CCCNC1)c1ccc2c(c1)CCCC2. The van der Waals surface area contributed by atoms with Gasteiger partial charge in [0.1, 0.15) is 0 Å². The molecule has 1 atom stereocenters. The third-order valence-electron chi connectivity index (χ3n) is 4.85. The Morgan fingerprint density at radius 2 is 2.05 bits per heavy atom. The molecule has 1 unspecified atom stereocenters. The highest BCUT2D eigenvalue weighted by Gasteiger charge is 2.15. The molecular formula is C18H26N2O. The zero-order chi connectivity index (χ0) is 14.5. The van der Waals surface area contributed by atoms with Crippen molar-refractivity contribution in [3.05, 3.63) is 34.9 Å². The second-order valence-electron chi connectivity index (χ2n) is 6.45. The van der Waals surface area contributed by atoms with Crippen LogP contribution in [0.3, 0.4) is 0 Å². The van der Waals surface area contributed by atoms with Crippen molar-refractivity contribution >= 4 is 5.91 Å². The number of carbonyl (C=O) groups excluding carboxylic acids is 1. The summed E-state index contributed by atoms with van der Waals surface area (Å²) >= 11 is 0. The van der Waals surface area contributed by atoms with Crippen molar-refractivity contribution in [3.8, 4) is 0 Å². The van der Waals surface area contributed by atoms with Gasteiger partial charge in [0.15, 0.2) is 0 Å². The lowest BCUT2D eigenvalue weighted by Crippen LogP contribution is -2.33. The van der Waals surface area contributed by atoms with E-state index in [1.807, 2.05) is 6.07 Å². The predicted molar refractivity (Wildman–Crippen MR) is 85.6 cm³/mol. The minimum atomic E-state index is 0.0899. The number of rotatable bonds is 4. The van der Waals surface area contributed by atoms with Gasteiger partial charge in [-0.05, 0) is 87.2 Å². The van der Waals surface area contributed by atoms with Crippen LogP contribution in [0.25, 0.3) is 0 Å². The van der Waals surface area contributed by atoms with Gasteiger partial charge < -0.3 is 10.6 Å². The van der Waals surface area contributed by atoms with E-state index in [-0.39, 0.29) is 5.91 Å². The fourth-order valence-corrected chi connectivity index (χ4v) is 3.54. The van der Waals surface area contributed by atoms with Gasteiger partial charge in [0.05, 0.1) is 0 Å². The molecule has 1 saturated heterocycles. The zero-order valence-corrected chi connectivity index (χ0v) is 12.8. The van der Waals surface area contributed by atoms with Crippen LogP contribution in [-0.2, 0) is 12.8 Å². The maximum atomic E-state index is 12.2. The van der Waals surface area contributed by atoms with Gasteiger partial charge in [-0.2, -0.15) is 0 Å². The second kappa shape index (κ2) is 7.08. The van der Waals surface area contributed by atoms with Crippen molar-refractivity contribution in [2.24, 2.45) is 5.92 Å². The van der Waals surface area contributed by atoms with E-state index in [0.29, 0.717) is 0 Å². The van der Waals surface area contributed by atoms with Gasteiger partial charge in [-0.15, -0.1) is 0 Å². The van der Waals surface area contributed by atoms with Gasteiger partial charge in [-0.25, -0.2) is 0 Å². The Kier molecular flexibility index (Phi) is 4.91. The van der Waals surface area contributed by atoms with Gasteiger partial charge in [0.2, 0.25) is 0 Å². The normalized spacial score (nSPS) is 21.6. The number of fused-ring (bicyclic) bond motifs is 1. The van der Waals surface area contributed by atoms with Gasteiger partial charge in [-0.3, -0.25) is 4.79 Å². The van der Waals surface area contributed by atoms with Crippen LogP contribution in [0.1, 0.15) is 53.6 Å². The quantitative estimate of drug-likeness (QED) is 0.893. The lowest BCUT2D eigenvalue weighted by atomic mass is 9.90. The van der Waals surface area contributed by atoms with E-state index in [1.54, 1.807) is 0 Å². The van der Waals surface area contributed by atoms with Gasteiger partial charge in [-0.1, -0.05) is 6.07 Å². The largest absolute Gasteiger partial charge is 0.352 e. The van der Waals surface area contributed by atoms with Gasteiger partial charge in [0, 0.05) is 12.1 Å². The molecule has 1 aromatic rings. The lowest BCUT2D eigenvalue weighted by Gasteiger charge is -2.22. The van der Waals surface area contributed by atoms with E-state index in [4.69, 9.17) is 0 Å². The Morgan fingerprint density at radius 1 is 1.19 bits per heavy atom. The van der Waals surface area contributed by atoms with Gasteiger partial charge >= 0.3 is 0 Å². The van der Waals surface area contributed by atoms with Crippen LogP contribution in [0.2, 0.25) is 0 Å². The first-order chi connectivity index (χ1) is 10.3. The number of piperidine rings is 1. The van der Waals surface area contributed by atoms with Crippen LogP contribution in [0.15, 0.2) is 18.2 Å². The molecule has 1 aliphatic heterocycles. The first-order valence-corrected chi connectivity index (χ1v) is 8.43. The summed E-state index contributed by atoms with van der Waals surface area (Å²) in [6.07, 6.45) is 8.49. The van der Waals surface area contributed by atoms with E-state index >= 15 is 0 Å². The van der Waals surface area contributed by atoms with Crippen molar-refractivity contribution in [2.75, 3.05) is 19.6 Å². The fraction of sp³-hybridized carbons (Fsp3) is 0.611. The van der Waals surface area contributed by atoms with E-state index in [1.165, 1.54) is 43.2 Å². The Hall–Kier alpha value is -1.35. The summed E-state index contributed by atoms with van der Waals surface area (Å²) in [4.78, 5) is 12.2. The minimum Gasteiger partial charge on any atom is -0.352 e. The second-order valence-corrected chi connectivity index (χ2v) is 6.45. The molecular weight excluding hydrogens is 260 g/mol. The highest BCUT2D eigenvalue weighted by atomic mass is 16.1. The highest BCUT2D eigenvalue weighted by Crippen LogP contribution is 2.22. The first-order valence-electron chi connectivity index (χ1n) is 8.43. The molecule has 1 fully saturated rings. The molecule has 1 amide bonds. The molecule has 2 aliphatic rings. The zero-order valence-electron chi connectivity index (χ0n) is 12.8. The first kappa shape index (κ1) is 14.6. The summed E-state index contributed by atoms with van der Waals surface area (Å²) in [7, 11) is 0. The fourth-order valence-electron chi connectivity index (χ4n) is 3.54. The smallest absolute Gasteiger partial charge is 0.251 e. The van der Waals surface area contributed by atoms with Crippen molar-refractivity contribution < 1.29 is 4.79 Å². The van der Waals surface area contributed by atoms with Crippen LogP contribution >= 0.6 is 0 Å². The maximum absolute atomic E-state index is 12.2. The monoisotopic (exact) mass is 286 g/mol. The summed E-state index contributed by atoms with van der Waals surface area (Å²) in [5.41, 5.74) is 3.65. The molecule has 21 heavy (non-hydrogen) atoms. The number of carbonyl (C=O) groups is 1. The average molecular weight is 286 g/mol. The third kappa shape index (κ3) is 3.85. The van der Waals surface area contributed by atoms with Crippen LogP contribution < -0.4 is 10.6 Å². The Morgan fingerprint density at radius 3 is 2.86 bits per heavy atom. The molecule has 3 rings (SSSR count). The predicted octanol–water partition coefficient (Wildman–Crippen LogP) is 2.68. The van der Waals surface area contributed by atoms with Crippen LogP contribution in [0, 0.1) is 5.92 Å². The summed E-state index contributed by atoms with van der Waals surface area (Å²) in [5, 5.41) is 6.51. The number of benzene rings is 1. The number of hydrogen-bond donors (Lipinski definition) is 2. The van der Waals surface area contributed by atoms with Crippen LogP contribution in [0.4, 0.5) is 0 Å². The van der Waals surface area contributed by atoms with Crippen molar-refractivity contribution in [2.45, 2.75) is 44.9 Å². The van der Waals surface area contributed by atoms with E-state index in [0.717, 1.165) is 44.0 Å². The standard InChI is InChI=1S/C18H26N2O/c21-18(20-11-9-14-4-3-10-19-13-14)17-8-7-15-5-1-2-6-16(15)12-17/h7-8,12,14,19H,1-6,9-11,13H2,(H,20,21). The number of aryl methyl sites for hydroxylation is 2. The third-order valence-corrected chi connectivity index (χ3v) is 4.85. The molecule has 3 nitrogen and oxygen atoms in total. The lowest BCUT2D eigenvalue weighted by molar-refractivity contribution is 0.0950. The number of hydrogen-bond acceptors (Lipinski definition) is 2. The summed E-state index contributed by atoms with van der Waals surface area (Å²) in [5.74, 6) is 0.815. The van der Waals surface area contributed by atoms with E-state index in [9.17, 15) is 4.79 Å². The number of nitrogens with one attached hydrogen (secondary N) is 2. The molecule has 1 heterocycles. The molecule has 1 aliphatic carbocycles. The molecule has 0 saturated carbocycles. The average Bonchev–Trinajstić information content (AvgIpc) is 2.55. The van der Waals surface area contributed by atoms with Crippen molar-refractivity contribution in [3.63, 3.8) is 0 Å². The van der Waals surface area contributed by atoms with E-state index < -0.39 is 0 Å². The van der Waals surface area contributed by atoms with E-state index in [2.05, 4.69) is 22.8 Å². The Labute approximate surface area is 127 Å². The maximum Gasteiger partial charge on any atom is 0.251 e. The van der Waals surface area contributed by atoms with Crippen LogP contribution in [0.5, 0.6) is 0 Å².